The van der Waals surface area contributed by atoms with Crippen LogP contribution in [-0.2, 0) is 27.3 Å². The summed E-state index contributed by atoms with van der Waals surface area (Å²) in [7, 11) is -3.42. The molecule has 0 radical (unpaired) electrons. The lowest BCUT2D eigenvalue weighted by Crippen LogP contribution is -2.10. The molecule has 4 rings (SSSR count). The summed E-state index contributed by atoms with van der Waals surface area (Å²) in [6.07, 6.45) is 3.27. The Kier molecular flexibility index (Phi) is 3.13. The van der Waals surface area contributed by atoms with Gasteiger partial charge in [-0.1, -0.05) is 42.5 Å². The first-order valence-electron chi connectivity index (χ1n) is 7.57. The van der Waals surface area contributed by atoms with Gasteiger partial charge in [-0.3, -0.25) is 4.18 Å². The molecule has 0 spiro atoms. The van der Waals surface area contributed by atoms with Crippen LogP contribution in [0.25, 0.3) is 0 Å². The van der Waals surface area contributed by atoms with Crippen molar-refractivity contribution in [2.75, 3.05) is 6.26 Å². The van der Waals surface area contributed by atoms with E-state index >= 15 is 0 Å². The van der Waals surface area contributed by atoms with Crippen molar-refractivity contribution in [3.8, 4) is 0 Å². The van der Waals surface area contributed by atoms with Gasteiger partial charge in [0.05, 0.1) is 12.9 Å². The average molecular weight is 314 g/mol. The minimum atomic E-state index is -3.42. The topological polar surface area (TPSA) is 43.4 Å². The van der Waals surface area contributed by atoms with E-state index in [4.69, 9.17) is 4.18 Å². The van der Waals surface area contributed by atoms with Crippen molar-refractivity contribution >= 4 is 10.1 Å². The van der Waals surface area contributed by atoms with Gasteiger partial charge < -0.3 is 0 Å². The van der Waals surface area contributed by atoms with E-state index in [2.05, 4.69) is 30.3 Å². The maximum absolute atomic E-state index is 11.3. The van der Waals surface area contributed by atoms with Crippen LogP contribution in [0.2, 0.25) is 0 Å². The molecule has 2 aromatic carbocycles. The predicted molar refractivity (Wildman–Crippen MR) is 85.4 cm³/mol. The molecule has 2 bridgehead atoms. The molecule has 2 aromatic rings. The maximum atomic E-state index is 11.3. The highest BCUT2D eigenvalue weighted by Crippen LogP contribution is 2.52. The van der Waals surface area contributed by atoms with Gasteiger partial charge in [-0.05, 0) is 46.6 Å². The van der Waals surface area contributed by atoms with Crippen molar-refractivity contribution in [2.24, 2.45) is 0 Å². The summed E-state index contributed by atoms with van der Waals surface area (Å²) < 4.78 is 27.6. The molecule has 2 aliphatic carbocycles. The lowest BCUT2D eigenvalue weighted by Gasteiger charge is -2.23. The summed E-state index contributed by atoms with van der Waals surface area (Å²) in [5, 5.41) is 0. The third kappa shape index (κ3) is 2.27. The predicted octanol–water partition coefficient (Wildman–Crippen LogP) is 3.34. The minimum absolute atomic E-state index is 0.140. The van der Waals surface area contributed by atoms with Crippen molar-refractivity contribution in [1.82, 2.24) is 0 Å². The maximum Gasteiger partial charge on any atom is 0.264 e. The van der Waals surface area contributed by atoms with Gasteiger partial charge in [-0.2, -0.15) is 8.42 Å². The summed E-state index contributed by atoms with van der Waals surface area (Å²) in [4.78, 5) is 0. The van der Waals surface area contributed by atoms with Crippen LogP contribution in [0.15, 0.2) is 42.5 Å². The van der Waals surface area contributed by atoms with E-state index < -0.39 is 10.1 Å². The van der Waals surface area contributed by atoms with E-state index in [1.54, 1.807) is 0 Å². The summed E-state index contributed by atoms with van der Waals surface area (Å²) in [6, 6.07) is 14.8. The standard InChI is InChI=1S/C18H18O3S/c1-22(19,20)21-11-13-6-4-8-16-17-10-14(18(13)16)9-12-5-2-3-7-15(12)17/h2-8,14,17H,9-11H2,1H3. The average Bonchev–Trinajstić information content (AvgIpc) is 2.79. The number of rotatable bonds is 3. The summed E-state index contributed by atoms with van der Waals surface area (Å²) >= 11 is 0. The second-order valence-electron chi connectivity index (χ2n) is 6.27. The smallest absolute Gasteiger partial charge is 0.264 e. The molecule has 114 valence electrons. The van der Waals surface area contributed by atoms with Gasteiger partial charge in [0.25, 0.3) is 10.1 Å². The zero-order valence-corrected chi connectivity index (χ0v) is 13.3. The zero-order chi connectivity index (χ0) is 15.3. The third-order valence-corrected chi connectivity index (χ3v) is 5.41. The first-order valence-corrected chi connectivity index (χ1v) is 9.38. The van der Waals surface area contributed by atoms with Crippen LogP contribution in [0.1, 0.15) is 46.1 Å². The highest BCUT2D eigenvalue weighted by Gasteiger charge is 2.38. The molecule has 0 amide bonds. The fraction of sp³-hybridized carbons (Fsp3) is 0.333. The first-order chi connectivity index (χ1) is 10.5. The summed E-state index contributed by atoms with van der Waals surface area (Å²) in [5.41, 5.74) is 6.54. The Hall–Kier alpha value is -1.65. The van der Waals surface area contributed by atoms with Gasteiger partial charge in [0.15, 0.2) is 0 Å². The number of hydrogen-bond donors (Lipinski definition) is 0. The van der Waals surface area contributed by atoms with Crippen LogP contribution in [0.5, 0.6) is 0 Å². The zero-order valence-electron chi connectivity index (χ0n) is 12.5. The lowest BCUT2D eigenvalue weighted by molar-refractivity contribution is 0.310. The number of fused-ring (bicyclic) bond motifs is 7. The van der Waals surface area contributed by atoms with Gasteiger partial charge >= 0.3 is 0 Å². The minimum Gasteiger partial charge on any atom is -0.265 e. The SMILES string of the molecule is CS(=O)(=O)OCc1cccc2c1C1Cc3ccccc3C2C1. The second kappa shape index (κ2) is 4.93. The molecule has 0 fully saturated rings. The van der Waals surface area contributed by atoms with Crippen LogP contribution in [0, 0.1) is 0 Å². The van der Waals surface area contributed by atoms with Crippen LogP contribution in [-0.4, -0.2) is 14.7 Å². The quantitative estimate of drug-likeness (QED) is 0.816. The molecule has 0 aliphatic heterocycles. The van der Waals surface area contributed by atoms with Crippen molar-refractivity contribution in [1.29, 1.82) is 0 Å². The third-order valence-electron chi connectivity index (χ3n) is 4.86. The Balaban J connectivity index is 1.77. The van der Waals surface area contributed by atoms with Crippen LogP contribution in [0.4, 0.5) is 0 Å². The van der Waals surface area contributed by atoms with Gasteiger partial charge in [-0.15, -0.1) is 0 Å². The van der Waals surface area contributed by atoms with Gasteiger partial charge in [0.2, 0.25) is 0 Å². The van der Waals surface area contributed by atoms with E-state index in [-0.39, 0.29) is 6.61 Å². The molecule has 2 aliphatic rings. The van der Waals surface area contributed by atoms with Crippen molar-refractivity contribution < 1.29 is 12.6 Å². The van der Waals surface area contributed by atoms with Gasteiger partial charge in [0, 0.05) is 5.92 Å². The molecular weight excluding hydrogens is 296 g/mol. The van der Waals surface area contributed by atoms with E-state index in [1.807, 2.05) is 12.1 Å². The molecule has 4 heteroatoms. The highest BCUT2D eigenvalue weighted by atomic mass is 32.2. The molecule has 3 nitrogen and oxygen atoms in total. The van der Waals surface area contributed by atoms with E-state index in [1.165, 1.54) is 22.3 Å². The molecule has 0 heterocycles. The first kappa shape index (κ1) is 14.0. The Bertz CT molecular complexity index is 839. The lowest BCUT2D eigenvalue weighted by atomic mass is 9.81. The Morgan fingerprint density at radius 2 is 1.86 bits per heavy atom. The van der Waals surface area contributed by atoms with E-state index in [0.717, 1.165) is 24.7 Å². The Labute approximate surface area is 131 Å². The number of benzene rings is 2. The molecule has 0 saturated heterocycles. The fourth-order valence-corrected chi connectivity index (χ4v) is 4.41. The Morgan fingerprint density at radius 3 is 2.68 bits per heavy atom. The van der Waals surface area contributed by atoms with Gasteiger partial charge in [0.1, 0.15) is 0 Å². The van der Waals surface area contributed by atoms with Crippen LogP contribution < -0.4 is 0 Å². The van der Waals surface area contributed by atoms with Crippen molar-refractivity contribution in [2.45, 2.75) is 31.3 Å². The second-order valence-corrected chi connectivity index (χ2v) is 7.92. The van der Waals surface area contributed by atoms with Crippen molar-refractivity contribution in [3.05, 3.63) is 70.3 Å². The molecule has 2 unspecified atom stereocenters. The largest absolute Gasteiger partial charge is 0.265 e. The fourth-order valence-electron chi connectivity index (χ4n) is 4.07. The summed E-state index contributed by atoms with van der Waals surface area (Å²) in [6.45, 7) is 0.140. The van der Waals surface area contributed by atoms with Crippen LogP contribution >= 0.6 is 0 Å². The van der Waals surface area contributed by atoms with E-state index in [9.17, 15) is 8.42 Å². The molecular formula is C18H18O3S. The normalized spacial score (nSPS) is 22.2. The summed E-state index contributed by atoms with van der Waals surface area (Å²) in [5.74, 6) is 0.928. The Morgan fingerprint density at radius 1 is 1.09 bits per heavy atom. The number of hydrogen-bond acceptors (Lipinski definition) is 3. The van der Waals surface area contributed by atoms with Crippen LogP contribution in [0.3, 0.4) is 0 Å². The molecule has 0 aromatic heterocycles. The molecule has 0 N–H and O–H groups in total. The van der Waals surface area contributed by atoms with E-state index in [0.29, 0.717) is 11.8 Å². The monoisotopic (exact) mass is 314 g/mol. The van der Waals surface area contributed by atoms with Crippen molar-refractivity contribution in [3.63, 3.8) is 0 Å². The molecule has 0 saturated carbocycles. The highest BCUT2D eigenvalue weighted by molar-refractivity contribution is 7.85. The van der Waals surface area contributed by atoms with Gasteiger partial charge in [-0.25, -0.2) is 0 Å². The molecule has 2 atom stereocenters. The molecule has 22 heavy (non-hydrogen) atoms.